The number of benzene rings is 2. The monoisotopic (exact) mass is 459 g/mol. The minimum Gasteiger partial charge on any atom is -0.493 e. The lowest BCUT2D eigenvalue weighted by Gasteiger charge is -2.13. The first-order valence-corrected chi connectivity index (χ1v) is 10.0. The highest BCUT2D eigenvalue weighted by atomic mass is 16.6. The van der Waals surface area contributed by atoms with Crippen LogP contribution >= 0.6 is 0 Å². The number of carbonyl (C=O) groups excluding carboxylic acids is 3. The Hall–Kier alpha value is -4.15. The summed E-state index contributed by atoms with van der Waals surface area (Å²) in [5.41, 5.74) is 4.31. The molecule has 11 heteroatoms. The molecule has 0 unspecified atom stereocenters. The number of nitrogens with zero attached hydrogens (tertiary/aromatic N) is 1. The highest BCUT2D eigenvalue weighted by Gasteiger charge is 2.15. The first kappa shape index (κ1) is 25.1. The first-order chi connectivity index (χ1) is 15.7. The van der Waals surface area contributed by atoms with Gasteiger partial charge in [0, 0.05) is 17.7 Å². The van der Waals surface area contributed by atoms with E-state index in [1.54, 1.807) is 6.07 Å². The summed E-state index contributed by atoms with van der Waals surface area (Å²) in [6.07, 6.45) is 0.864. The summed E-state index contributed by atoms with van der Waals surface area (Å²) in [5, 5.41) is 10.6. The number of hydrogen-bond acceptors (Lipinski definition) is 8. The maximum Gasteiger partial charge on any atom is 0.338 e. The number of esters is 1. The maximum atomic E-state index is 12.2. The maximum absolute atomic E-state index is 12.2. The van der Waals surface area contributed by atoms with Gasteiger partial charge in [0.2, 0.25) is 0 Å². The summed E-state index contributed by atoms with van der Waals surface area (Å²) in [7, 11) is 1.45. The van der Waals surface area contributed by atoms with Crippen molar-refractivity contribution >= 4 is 23.5 Å². The van der Waals surface area contributed by atoms with Crippen LogP contribution in [0, 0.1) is 16.0 Å². The number of nitro benzene ring substituents is 1. The smallest absolute Gasteiger partial charge is 0.338 e. The van der Waals surface area contributed by atoms with Crippen LogP contribution in [0.3, 0.4) is 0 Å². The lowest BCUT2D eigenvalue weighted by Crippen LogP contribution is -2.43. The Labute approximate surface area is 190 Å². The van der Waals surface area contributed by atoms with E-state index in [-0.39, 0.29) is 16.8 Å². The summed E-state index contributed by atoms with van der Waals surface area (Å²) >= 11 is 0. The quantitative estimate of drug-likeness (QED) is 0.313. The number of carbonyl (C=O) groups is 3. The lowest BCUT2D eigenvalue weighted by atomic mass is 10.1. The van der Waals surface area contributed by atoms with E-state index < -0.39 is 29.3 Å². The van der Waals surface area contributed by atoms with Gasteiger partial charge in [-0.15, -0.1) is 0 Å². The van der Waals surface area contributed by atoms with Crippen LogP contribution in [-0.4, -0.2) is 43.0 Å². The number of methoxy groups -OCH3 is 1. The van der Waals surface area contributed by atoms with Crippen LogP contribution in [-0.2, 0) is 9.53 Å². The molecule has 0 aliphatic heterocycles. The SMILES string of the molecule is COc1cc(C(=O)OCC(=O)NNC(=O)c2ccc([N+](=O)[O-])cc2)ccc1OCCC(C)C. The second-order valence-corrected chi connectivity index (χ2v) is 7.28. The van der Waals surface area contributed by atoms with Crippen LogP contribution in [0.4, 0.5) is 5.69 Å². The van der Waals surface area contributed by atoms with Gasteiger partial charge in [0.05, 0.1) is 24.2 Å². The highest BCUT2D eigenvalue weighted by Crippen LogP contribution is 2.28. The average molecular weight is 459 g/mol. The van der Waals surface area contributed by atoms with Crippen LogP contribution in [0.15, 0.2) is 42.5 Å². The Morgan fingerprint density at radius 3 is 2.27 bits per heavy atom. The number of non-ortho nitro benzene ring substituents is 1. The fourth-order valence-corrected chi connectivity index (χ4v) is 2.50. The molecule has 176 valence electrons. The lowest BCUT2D eigenvalue weighted by molar-refractivity contribution is -0.384. The van der Waals surface area contributed by atoms with Gasteiger partial charge in [-0.2, -0.15) is 0 Å². The van der Waals surface area contributed by atoms with Gasteiger partial charge in [0.25, 0.3) is 17.5 Å². The molecule has 0 aromatic heterocycles. The molecule has 0 radical (unpaired) electrons. The van der Waals surface area contributed by atoms with E-state index in [0.29, 0.717) is 24.0 Å². The van der Waals surface area contributed by atoms with Crippen LogP contribution < -0.4 is 20.3 Å². The van der Waals surface area contributed by atoms with E-state index in [1.165, 1.54) is 31.4 Å². The molecule has 2 rings (SSSR count). The van der Waals surface area contributed by atoms with Crippen molar-refractivity contribution < 1.29 is 33.5 Å². The number of rotatable bonds is 10. The van der Waals surface area contributed by atoms with Crippen molar-refractivity contribution in [3.05, 3.63) is 63.7 Å². The third-order valence-electron chi connectivity index (χ3n) is 4.34. The van der Waals surface area contributed by atoms with Crippen molar-refractivity contribution in [1.82, 2.24) is 10.9 Å². The molecule has 0 saturated heterocycles. The first-order valence-electron chi connectivity index (χ1n) is 10.0. The second-order valence-electron chi connectivity index (χ2n) is 7.28. The highest BCUT2D eigenvalue weighted by molar-refractivity contribution is 5.96. The van der Waals surface area contributed by atoms with Crippen LogP contribution in [0.1, 0.15) is 41.0 Å². The van der Waals surface area contributed by atoms with Gasteiger partial charge in [0.15, 0.2) is 18.1 Å². The van der Waals surface area contributed by atoms with Crippen LogP contribution in [0.25, 0.3) is 0 Å². The van der Waals surface area contributed by atoms with E-state index in [4.69, 9.17) is 14.2 Å². The molecule has 0 bridgehead atoms. The van der Waals surface area contributed by atoms with E-state index in [9.17, 15) is 24.5 Å². The molecule has 0 fully saturated rings. The zero-order chi connectivity index (χ0) is 24.4. The Bertz CT molecular complexity index is 1010. The van der Waals surface area contributed by atoms with Gasteiger partial charge < -0.3 is 14.2 Å². The molecule has 0 saturated carbocycles. The van der Waals surface area contributed by atoms with Crippen molar-refractivity contribution in [3.8, 4) is 11.5 Å². The van der Waals surface area contributed by atoms with Gasteiger partial charge in [0.1, 0.15) is 0 Å². The average Bonchev–Trinajstić information content (AvgIpc) is 2.80. The summed E-state index contributed by atoms with van der Waals surface area (Å²) in [5.74, 6) is -0.912. The fraction of sp³-hybridized carbons (Fsp3) is 0.318. The van der Waals surface area contributed by atoms with Crippen molar-refractivity contribution in [2.45, 2.75) is 20.3 Å². The number of hydrazine groups is 1. The molecule has 0 heterocycles. The molecule has 2 aromatic rings. The number of nitro groups is 1. The Kier molecular flexibility index (Phi) is 9.16. The zero-order valence-electron chi connectivity index (χ0n) is 18.5. The number of nitrogens with one attached hydrogen (secondary N) is 2. The van der Waals surface area contributed by atoms with Crippen molar-refractivity contribution in [3.63, 3.8) is 0 Å². The summed E-state index contributed by atoms with van der Waals surface area (Å²) in [4.78, 5) is 46.1. The van der Waals surface area contributed by atoms with Crippen molar-refractivity contribution in [2.75, 3.05) is 20.3 Å². The van der Waals surface area contributed by atoms with Crippen LogP contribution in [0.5, 0.6) is 11.5 Å². The predicted molar refractivity (Wildman–Crippen MR) is 117 cm³/mol. The molecule has 0 spiro atoms. The molecular formula is C22H25N3O8. The molecule has 0 aliphatic carbocycles. The van der Waals surface area contributed by atoms with Gasteiger partial charge in [-0.1, -0.05) is 13.8 Å². The third-order valence-corrected chi connectivity index (χ3v) is 4.34. The fourth-order valence-electron chi connectivity index (χ4n) is 2.50. The van der Waals surface area contributed by atoms with E-state index >= 15 is 0 Å². The third kappa shape index (κ3) is 7.80. The number of ether oxygens (including phenoxy) is 3. The molecule has 33 heavy (non-hydrogen) atoms. The largest absolute Gasteiger partial charge is 0.493 e. The van der Waals surface area contributed by atoms with E-state index in [0.717, 1.165) is 18.6 Å². The number of amides is 2. The van der Waals surface area contributed by atoms with Crippen molar-refractivity contribution in [2.24, 2.45) is 5.92 Å². The minimum atomic E-state index is -0.779. The molecule has 0 atom stereocenters. The summed E-state index contributed by atoms with van der Waals surface area (Å²) in [6, 6.07) is 9.32. The van der Waals surface area contributed by atoms with E-state index in [1.807, 2.05) is 0 Å². The Balaban J connectivity index is 1.83. The number of hydrogen-bond donors (Lipinski definition) is 2. The Morgan fingerprint density at radius 1 is 1.00 bits per heavy atom. The van der Waals surface area contributed by atoms with Gasteiger partial charge in [-0.05, 0) is 42.7 Å². The van der Waals surface area contributed by atoms with Gasteiger partial charge >= 0.3 is 5.97 Å². The normalized spacial score (nSPS) is 10.3. The van der Waals surface area contributed by atoms with Gasteiger partial charge in [-0.25, -0.2) is 4.79 Å². The molecule has 11 nitrogen and oxygen atoms in total. The second kappa shape index (κ2) is 12.0. The summed E-state index contributed by atoms with van der Waals surface area (Å²) in [6.45, 7) is 4.02. The molecular weight excluding hydrogens is 434 g/mol. The van der Waals surface area contributed by atoms with Crippen molar-refractivity contribution in [1.29, 1.82) is 0 Å². The molecule has 0 aliphatic rings. The minimum absolute atomic E-state index is 0.0979. The molecule has 2 N–H and O–H groups in total. The van der Waals surface area contributed by atoms with Crippen LogP contribution in [0.2, 0.25) is 0 Å². The molecule has 2 amide bonds. The zero-order valence-corrected chi connectivity index (χ0v) is 18.5. The van der Waals surface area contributed by atoms with Gasteiger partial charge in [-0.3, -0.25) is 30.6 Å². The molecule has 2 aromatic carbocycles. The van der Waals surface area contributed by atoms with E-state index in [2.05, 4.69) is 24.7 Å². The Morgan fingerprint density at radius 2 is 1.67 bits per heavy atom. The summed E-state index contributed by atoms with van der Waals surface area (Å²) < 4.78 is 15.9. The standard InChI is InChI=1S/C22H25N3O8/c1-14(2)10-11-32-18-9-6-16(12-19(18)31-3)22(28)33-13-20(26)23-24-21(27)15-4-7-17(8-5-15)25(29)30/h4-9,12,14H,10-11,13H2,1-3H3,(H,23,26)(H,24,27). The predicted octanol–water partition coefficient (Wildman–Crippen LogP) is 2.65. The topological polar surface area (TPSA) is 146 Å².